The monoisotopic (exact) mass is 289 g/mol. The molecular weight excluding hydrogens is 264 g/mol. The summed E-state index contributed by atoms with van der Waals surface area (Å²) in [6.07, 6.45) is 3.91. The minimum Gasteiger partial charge on any atom is -0.550 e. The first-order valence-corrected chi connectivity index (χ1v) is 7.35. The van der Waals surface area contributed by atoms with Crippen molar-refractivity contribution in [3.05, 3.63) is 0 Å². The second kappa shape index (κ2) is 9.28. The Morgan fingerprint density at radius 3 is 2.00 bits per heavy atom. The molecule has 6 heteroatoms. The maximum atomic E-state index is 9.92. The van der Waals surface area contributed by atoms with Gasteiger partial charge in [-0.3, -0.25) is 0 Å². The molecule has 0 saturated carbocycles. The zero-order valence-electron chi connectivity index (χ0n) is 12.0. The molecule has 0 unspecified atom stereocenters. The van der Waals surface area contributed by atoms with Crippen molar-refractivity contribution in [3.63, 3.8) is 0 Å². The Morgan fingerprint density at radius 1 is 1.05 bits per heavy atom. The molecule has 6 nitrogen and oxygen atoms in total. The fourth-order valence-corrected chi connectivity index (χ4v) is 2.33. The summed E-state index contributed by atoms with van der Waals surface area (Å²) in [5, 5.41) is 28.2. The van der Waals surface area contributed by atoms with Gasteiger partial charge < -0.3 is 29.6 Å². The van der Waals surface area contributed by atoms with E-state index in [1.54, 1.807) is 0 Å². The van der Waals surface area contributed by atoms with Gasteiger partial charge in [0.15, 0.2) is 0 Å². The van der Waals surface area contributed by atoms with E-state index in [1.807, 2.05) is 0 Å². The van der Waals surface area contributed by atoms with E-state index in [4.69, 9.17) is 19.7 Å². The lowest BCUT2D eigenvalue weighted by Crippen LogP contribution is -2.30. The van der Waals surface area contributed by atoms with Crippen LogP contribution in [0, 0.1) is 0 Å². The predicted molar refractivity (Wildman–Crippen MR) is 69.9 cm³/mol. The molecule has 2 aliphatic heterocycles. The molecule has 2 aliphatic rings. The summed E-state index contributed by atoms with van der Waals surface area (Å²) in [7, 11) is 0. The Bertz CT molecular complexity index is 267. The lowest BCUT2D eigenvalue weighted by Gasteiger charge is -2.09. The number of carboxylic acids is 1. The number of carboxylic acid groups (broad SMARTS) is 1. The van der Waals surface area contributed by atoms with Crippen LogP contribution in [0.3, 0.4) is 0 Å². The molecule has 0 amide bonds. The topological polar surface area (TPSA) is 99.1 Å². The minimum atomic E-state index is -0.920. The third-order valence-corrected chi connectivity index (χ3v) is 3.49. The van der Waals surface area contributed by atoms with Crippen molar-refractivity contribution in [1.29, 1.82) is 0 Å². The second-order valence-corrected chi connectivity index (χ2v) is 5.27. The molecule has 0 radical (unpaired) electrons. The molecule has 118 valence electrons. The third kappa shape index (κ3) is 5.75. The number of carbonyl (C=O) groups is 1. The van der Waals surface area contributed by atoms with Crippen LogP contribution in [0.5, 0.6) is 0 Å². The minimum absolute atomic E-state index is 0.226. The molecule has 0 spiro atoms. The van der Waals surface area contributed by atoms with Crippen LogP contribution in [0.2, 0.25) is 0 Å². The van der Waals surface area contributed by atoms with Crippen LogP contribution < -0.4 is 5.11 Å². The molecule has 20 heavy (non-hydrogen) atoms. The van der Waals surface area contributed by atoms with Gasteiger partial charge in [0.25, 0.3) is 0 Å². The molecule has 0 aliphatic carbocycles. The summed E-state index contributed by atoms with van der Waals surface area (Å²) < 4.78 is 10.2. The van der Waals surface area contributed by atoms with Gasteiger partial charge >= 0.3 is 0 Å². The smallest absolute Gasteiger partial charge is 0.114 e. The molecule has 2 heterocycles. The van der Waals surface area contributed by atoms with Gasteiger partial charge in [-0.25, -0.2) is 0 Å². The molecule has 0 aromatic carbocycles. The highest BCUT2D eigenvalue weighted by Gasteiger charge is 2.46. The van der Waals surface area contributed by atoms with Gasteiger partial charge in [0.05, 0.1) is 13.2 Å². The number of carbonyl (C=O) groups excluding carboxylic acids is 1. The van der Waals surface area contributed by atoms with E-state index < -0.39 is 18.2 Å². The summed E-state index contributed by atoms with van der Waals surface area (Å²) in [5.41, 5.74) is 0. The van der Waals surface area contributed by atoms with Crippen molar-refractivity contribution >= 4 is 5.97 Å². The first kappa shape index (κ1) is 17.4. The van der Waals surface area contributed by atoms with E-state index in [1.165, 1.54) is 12.8 Å². The molecule has 2 N–H and O–H groups in total. The maximum absolute atomic E-state index is 9.92. The Balaban J connectivity index is 0.000000200. The lowest BCUT2D eigenvalue weighted by molar-refractivity contribution is -0.305. The van der Waals surface area contributed by atoms with Gasteiger partial charge in [0.2, 0.25) is 0 Å². The number of aliphatic hydroxyl groups is 2. The van der Waals surface area contributed by atoms with Crippen LogP contribution in [0.1, 0.15) is 45.4 Å². The third-order valence-electron chi connectivity index (χ3n) is 3.49. The van der Waals surface area contributed by atoms with Crippen LogP contribution in [0.15, 0.2) is 0 Å². The summed E-state index contributed by atoms with van der Waals surface area (Å²) in [5.74, 6) is -0.920. The standard InChI is InChI=1S/C8H16O2.C6H10O4/c1-2-3-4-5-6-7-8(9)10;7-3-1-9-6-4(8)2-10-5(3)6/h2-7H2,1H3,(H,9,10);3-8H,1-2H2/p-1/t;3-,4+,5-,6-/m.1/s1. The number of hydrogen-bond donors (Lipinski definition) is 2. The summed E-state index contributed by atoms with van der Waals surface area (Å²) in [6.45, 7) is 2.71. The predicted octanol–water partition coefficient (Wildman–Crippen LogP) is -0.397. The average Bonchev–Trinajstić information content (AvgIpc) is 2.95. The first-order chi connectivity index (χ1) is 9.56. The Kier molecular flexibility index (Phi) is 8.06. The van der Waals surface area contributed by atoms with Gasteiger partial charge in [0, 0.05) is 5.97 Å². The van der Waals surface area contributed by atoms with Gasteiger partial charge in [-0.1, -0.05) is 32.6 Å². The molecule has 0 aromatic heterocycles. The number of ether oxygens (including phenoxy) is 2. The van der Waals surface area contributed by atoms with Crippen molar-refractivity contribution in [2.75, 3.05) is 13.2 Å². The Hall–Kier alpha value is -0.690. The van der Waals surface area contributed by atoms with Crippen molar-refractivity contribution in [3.8, 4) is 0 Å². The number of unbranched alkanes of at least 4 members (excludes halogenated alkanes) is 4. The van der Waals surface area contributed by atoms with Gasteiger partial charge in [-0.05, 0) is 12.8 Å². The van der Waals surface area contributed by atoms with E-state index >= 15 is 0 Å². The lowest BCUT2D eigenvalue weighted by atomic mass is 10.1. The van der Waals surface area contributed by atoms with E-state index in [9.17, 15) is 9.90 Å². The zero-order chi connectivity index (χ0) is 15.0. The number of rotatable bonds is 6. The molecule has 4 atom stereocenters. The van der Waals surface area contributed by atoms with Crippen LogP contribution in [0.4, 0.5) is 0 Å². The quantitative estimate of drug-likeness (QED) is 0.646. The largest absolute Gasteiger partial charge is 0.550 e. The van der Waals surface area contributed by atoms with Crippen LogP contribution >= 0.6 is 0 Å². The van der Waals surface area contributed by atoms with E-state index in [0.29, 0.717) is 0 Å². The van der Waals surface area contributed by atoms with Crippen molar-refractivity contribution in [2.24, 2.45) is 0 Å². The molecule has 0 aromatic rings. The van der Waals surface area contributed by atoms with Gasteiger partial charge in [-0.15, -0.1) is 0 Å². The zero-order valence-corrected chi connectivity index (χ0v) is 12.0. The van der Waals surface area contributed by atoms with E-state index in [-0.39, 0.29) is 31.8 Å². The Labute approximate surface area is 119 Å². The number of hydrogen-bond acceptors (Lipinski definition) is 6. The van der Waals surface area contributed by atoms with Gasteiger partial charge in [0.1, 0.15) is 24.4 Å². The second-order valence-electron chi connectivity index (χ2n) is 5.27. The Morgan fingerprint density at radius 2 is 1.55 bits per heavy atom. The highest BCUT2D eigenvalue weighted by atomic mass is 16.6. The van der Waals surface area contributed by atoms with Gasteiger partial charge in [-0.2, -0.15) is 0 Å². The molecule has 0 bridgehead atoms. The fourth-order valence-electron chi connectivity index (χ4n) is 2.33. The SMILES string of the molecule is CCCCCCCC(=O)[O-].O[C@@H]1CO[C@H]2[C@@H]1OC[C@@H]2O. The van der Waals surface area contributed by atoms with Crippen LogP contribution in [-0.2, 0) is 14.3 Å². The molecular formula is C14H25O6-. The highest BCUT2D eigenvalue weighted by molar-refractivity contribution is 5.63. The fraction of sp³-hybridized carbons (Fsp3) is 0.929. The van der Waals surface area contributed by atoms with E-state index in [0.717, 1.165) is 19.3 Å². The first-order valence-electron chi connectivity index (χ1n) is 7.35. The molecule has 2 rings (SSSR count). The average molecular weight is 289 g/mol. The summed E-state index contributed by atoms with van der Waals surface area (Å²) >= 11 is 0. The van der Waals surface area contributed by atoms with Crippen molar-refractivity contribution in [1.82, 2.24) is 0 Å². The molecule has 2 fully saturated rings. The normalized spacial score (nSPS) is 31.6. The summed E-state index contributed by atoms with van der Waals surface area (Å²) in [6, 6.07) is 0. The number of aliphatic carboxylic acids is 1. The van der Waals surface area contributed by atoms with Crippen LogP contribution in [-0.4, -0.2) is 53.8 Å². The van der Waals surface area contributed by atoms with Crippen LogP contribution in [0.25, 0.3) is 0 Å². The highest BCUT2D eigenvalue weighted by Crippen LogP contribution is 2.26. The number of aliphatic hydroxyl groups excluding tert-OH is 2. The van der Waals surface area contributed by atoms with E-state index in [2.05, 4.69) is 6.92 Å². The van der Waals surface area contributed by atoms with Crippen molar-refractivity contribution < 1.29 is 29.6 Å². The number of fused-ring (bicyclic) bond motifs is 1. The molecule has 2 saturated heterocycles. The maximum Gasteiger partial charge on any atom is 0.114 e. The van der Waals surface area contributed by atoms with Crippen molar-refractivity contribution in [2.45, 2.75) is 69.9 Å². The summed E-state index contributed by atoms with van der Waals surface area (Å²) in [4.78, 5) is 9.92.